The summed E-state index contributed by atoms with van der Waals surface area (Å²) in [5, 5.41) is 11.1. The van der Waals surface area contributed by atoms with E-state index in [0.717, 1.165) is 16.5 Å². The molecular formula is C19H19N5O2S. The Hall–Kier alpha value is -3.26. The number of hydrogen-bond acceptors (Lipinski definition) is 6. The molecule has 3 rings (SSSR count). The Morgan fingerprint density at radius 1 is 1.15 bits per heavy atom. The van der Waals surface area contributed by atoms with Crippen LogP contribution in [-0.4, -0.2) is 22.5 Å². The summed E-state index contributed by atoms with van der Waals surface area (Å²) < 4.78 is 0. The molecule has 0 atom stereocenters. The molecule has 0 aliphatic carbocycles. The summed E-state index contributed by atoms with van der Waals surface area (Å²) in [7, 11) is 0. The molecule has 7 nitrogen and oxygen atoms in total. The van der Waals surface area contributed by atoms with Crippen LogP contribution in [0.5, 0.6) is 0 Å². The number of fused-ring (bicyclic) bond motifs is 1. The number of carbonyl (C=O) groups is 2. The van der Waals surface area contributed by atoms with E-state index in [9.17, 15) is 9.59 Å². The van der Waals surface area contributed by atoms with Gasteiger partial charge in [0, 0.05) is 16.8 Å². The Bertz CT molecular complexity index is 1010. The Labute approximate surface area is 160 Å². The average molecular weight is 381 g/mol. The first-order valence-corrected chi connectivity index (χ1v) is 9.18. The number of carbonyl (C=O) groups excluding carboxylic acids is 2. The minimum atomic E-state index is -0.311. The molecule has 3 aromatic rings. The first-order valence-electron chi connectivity index (χ1n) is 8.30. The summed E-state index contributed by atoms with van der Waals surface area (Å²) in [6, 6.07) is 13.7. The van der Waals surface area contributed by atoms with Crippen LogP contribution in [-0.2, 0) is 16.0 Å². The largest absolute Gasteiger partial charge is 0.375 e. The van der Waals surface area contributed by atoms with Crippen molar-refractivity contribution in [1.82, 2.24) is 10.4 Å². The molecule has 0 aliphatic rings. The van der Waals surface area contributed by atoms with Crippen LogP contribution in [0.15, 0.2) is 52.9 Å². The van der Waals surface area contributed by atoms with Crippen LogP contribution in [0.25, 0.3) is 10.8 Å². The number of benzene rings is 2. The maximum atomic E-state index is 12.2. The molecule has 0 spiro atoms. The summed E-state index contributed by atoms with van der Waals surface area (Å²) in [5.74, 6) is -0.511. The van der Waals surface area contributed by atoms with Gasteiger partial charge in [-0.05, 0) is 29.8 Å². The standard InChI is InChI=1S/C19H19N5O2S/c1-12(23-24-18(26)10-16-11-27-19(20)22-16)8-17(25)21-15-7-6-13-4-2-3-5-14(13)9-15/h2-7,9,11H,8,10H2,1H3,(H2,20,22)(H,21,25)(H,24,26). The normalized spacial score (nSPS) is 11.4. The lowest BCUT2D eigenvalue weighted by Crippen LogP contribution is -2.23. The van der Waals surface area contributed by atoms with Crippen molar-refractivity contribution in [2.24, 2.45) is 5.10 Å². The van der Waals surface area contributed by atoms with Crippen LogP contribution in [0.4, 0.5) is 10.8 Å². The molecule has 8 heteroatoms. The van der Waals surface area contributed by atoms with Crippen molar-refractivity contribution in [3.8, 4) is 0 Å². The third-order valence-corrected chi connectivity index (χ3v) is 4.45. The minimum Gasteiger partial charge on any atom is -0.375 e. The highest BCUT2D eigenvalue weighted by Crippen LogP contribution is 2.19. The van der Waals surface area contributed by atoms with Gasteiger partial charge in [-0.15, -0.1) is 11.3 Å². The number of aromatic nitrogens is 1. The van der Waals surface area contributed by atoms with Crippen molar-refractivity contribution in [2.45, 2.75) is 19.8 Å². The van der Waals surface area contributed by atoms with Crippen molar-refractivity contribution in [2.75, 3.05) is 11.1 Å². The van der Waals surface area contributed by atoms with Gasteiger partial charge in [0.1, 0.15) is 0 Å². The number of rotatable bonds is 6. The summed E-state index contributed by atoms with van der Waals surface area (Å²) >= 11 is 1.28. The number of hydrazone groups is 1. The van der Waals surface area contributed by atoms with Gasteiger partial charge in [0.25, 0.3) is 0 Å². The number of nitrogens with zero attached hydrogens (tertiary/aromatic N) is 2. The third kappa shape index (κ3) is 5.35. The van der Waals surface area contributed by atoms with Gasteiger partial charge >= 0.3 is 0 Å². The van der Waals surface area contributed by atoms with E-state index in [1.54, 1.807) is 12.3 Å². The van der Waals surface area contributed by atoms with E-state index in [0.29, 0.717) is 16.5 Å². The van der Waals surface area contributed by atoms with Crippen molar-refractivity contribution < 1.29 is 9.59 Å². The van der Waals surface area contributed by atoms with Gasteiger partial charge in [-0.2, -0.15) is 5.10 Å². The fourth-order valence-corrected chi connectivity index (χ4v) is 3.07. The predicted octanol–water partition coefficient (Wildman–Crippen LogP) is 2.94. The van der Waals surface area contributed by atoms with Gasteiger partial charge in [-0.1, -0.05) is 30.3 Å². The number of amides is 2. The highest BCUT2D eigenvalue weighted by Gasteiger charge is 2.08. The summed E-state index contributed by atoms with van der Waals surface area (Å²) in [6.45, 7) is 1.68. The van der Waals surface area contributed by atoms with Crippen molar-refractivity contribution in [3.05, 3.63) is 53.5 Å². The molecule has 1 aromatic heterocycles. The molecule has 0 unspecified atom stereocenters. The molecule has 0 aliphatic heterocycles. The van der Waals surface area contributed by atoms with Gasteiger partial charge < -0.3 is 11.1 Å². The lowest BCUT2D eigenvalue weighted by Gasteiger charge is -2.07. The number of hydrogen-bond donors (Lipinski definition) is 3. The SMILES string of the molecule is CC(CC(=O)Nc1ccc2ccccc2c1)=NNC(=O)Cc1csc(N)n1. The highest BCUT2D eigenvalue weighted by atomic mass is 32.1. The topological polar surface area (TPSA) is 109 Å². The van der Waals surface area contributed by atoms with E-state index in [2.05, 4.69) is 20.8 Å². The van der Waals surface area contributed by atoms with Gasteiger partial charge in [0.05, 0.1) is 18.5 Å². The average Bonchev–Trinajstić information content (AvgIpc) is 3.04. The molecule has 0 saturated carbocycles. The first-order chi connectivity index (χ1) is 13.0. The summed E-state index contributed by atoms with van der Waals surface area (Å²) in [4.78, 5) is 28.0. The molecule has 0 radical (unpaired) electrons. The third-order valence-electron chi connectivity index (χ3n) is 3.73. The number of nitrogen functional groups attached to an aromatic ring is 1. The lowest BCUT2D eigenvalue weighted by atomic mass is 10.1. The van der Waals surface area contributed by atoms with Crippen LogP contribution in [0.1, 0.15) is 19.0 Å². The molecule has 4 N–H and O–H groups in total. The fraction of sp³-hybridized carbons (Fsp3) is 0.158. The zero-order valence-electron chi connectivity index (χ0n) is 14.7. The lowest BCUT2D eigenvalue weighted by molar-refractivity contribution is -0.120. The van der Waals surface area contributed by atoms with E-state index in [1.807, 2.05) is 42.5 Å². The molecule has 27 heavy (non-hydrogen) atoms. The van der Waals surface area contributed by atoms with E-state index < -0.39 is 0 Å². The number of nitrogens with one attached hydrogen (secondary N) is 2. The van der Waals surface area contributed by atoms with Crippen LogP contribution >= 0.6 is 11.3 Å². The molecule has 0 bridgehead atoms. The van der Waals surface area contributed by atoms with Gasteiger partial charge in [-0.3, -0.25) is 9.59 Å². The van der Waals surface area contributed by atoms with Crippen molar-refractivity contribution in [3.63, 3.8) is 0 Å². The summed E-state index contributed by atoms with van der Waals surface area (Å²) in [6.07, 6.45) is 0.171. The van der Waals surface area contributed by atoms with Crippen LogP contribution in [0, 0.1) is 0 Å². The second-order valence-electron chi connectivity index (χ2n) is 6.02. The molecule has 0 fully saturated rings. The van der Waals surface area contributed by atoms with Crippen LogP contribution in [0.2, 0.25) is 0 Å². The predicted molar refractivity (Wildman–Crippen MR) is 109 cm³/mol. The maximum absolute atomic E-state index is 12.2. The molecule has 0 saturated heterocycles. The molecular weight excluding hydrogens is 362 g/mol. The molecule has 2 amide bonds. The van der Waals surface area contributed by atoms with E-state index >= 15 is 0 Å². The van der Waals surface area contributed by atoms with Gasteiger partial charge in [0.15, 0.2) is 5.13 Å². The highest BCUT2D eigenvalue weighted by molar-refractivity contribution is 7.13. The van der Waals surface area contributed by atoms with Crippen LogP contribution < -0.4 is 16.5 Å². The quantitative estimate of drug-likeness (QED) is 0.450. The maximum Gasteiger partial charge on any atom is 0.246 e. The zero-order valence-corrected chi connectivity index (χ0v) is 15.5. The zero-order chi connectivity index (χ0) is 19.2. The second kappa shape index (κ2) is 8.41. The van der Waals surface area contributed by atoms with Gasteiger partial charge in [-0.25, -0.2) is 10.4 Å². The van der Waals surface area contributed by atoms with Crippen molar-refractivity contribution >= 4 is 50.5 Å². The number of nitrogens with two attached hydrogens (primary N) is 1. The Morgan fingerprint density at radius 2 is 1.93 bits per heavy atom. The number of anilines is 2. The first kappa shape index (κ1) is 18.5. The summed E-state index contributed by atoms with van der Waals surface area (Å²) in [5.41, 5.74) is 9.77. The van der Waals surface area contributed by atoms with E-state index in [1.165, 1.54) is 11.3 Å². The van der Waals surface area contributed by atoms with Gasteiger partial charge in [0.2, 0.25) is 11.8 Å². The number of thiazole rings is 1. The molecule has 138 valence electrons. The minimum absolute atomic E-state index is 0.0801. The Balaban J connectivity index is 1.51. The monoisotopic (exact) mass is 381 g/mol. The Morgan fingerprint density at radius 3 is 2.67 bits per heavy atom. The van der Waals surface area contributed by atoms with E-state index in [4.69, 9.17) is 5.73 Å². The van der Waals surface area contributed by atoms with E-state index in [-0.39, 0.29) is 24.7 Å². The fourth-order valence-electron chi connectivity index (χ4n) is 2.51. The second-order valence-corrected chi connectivity index (χ2v) is 6.91. The van der Waals surface area contributed by atoms with Crippen LogP contribution in [0.3, 0.4) is 0 Å². The molecule has 2 aromatic carbocycles. The molecule has 1 heterocycles. The Kier molecular flexibility index (Phi) is 5.77. The van der Waals surface area contributed by atoms with Crippen molar-refractivity contribution in [1.29, 1.82) is 0 Å². The smallest absolute Gasteiger partial charge is 0.246 e.